The molecule has 3 heteroatoms. The second-order valence-electron chi connectivity index (χ2n) is 4.58. The van der Waals surface area contributed by atoms with Gasteiger partial charge >= 0.3 is 5.97 Å². The second kappa shape index (κ2) is 3.26. The SMILES string of the molecule is CC1(C)CC2=CC=COC2=C1CC(=O)O. The lowest BCUT2D eigenvalue weighted by atomic mass is 9.84. The number of fused-ring (bicyclic) bond motifs is 1. The molecule has 1 aliphatic carbocycles. The predicted octanol–water partition coefficient (Wildman–Crippen LogP) is 2.62. The van der Waals surface area contributed by atoms with Crippen LogP contribution in [0.15, 0.2) is 35.3 Å². The first kappa shape index (κ1) is 10.0. The molecule has 0 aromatic heterocycles. The van der Waals surface area contributed by atoms with Crippen molar-refractivity contribution in [2.24, 2.45) is 5.41 Å². The van der Waals surface area contributed by atoms with E-state index in [0.717, 1.165) is 23.3 Å². The lowest BCUT2D eigenvalue weighted by Gasteiger charge is -2.20. The molecule has 0 aromatic rings. The molecule has 0 radical (unpaired) electrons. The van der Waals surface area contributed by atoms with Crippen molar-refractivity contribution in [2.45, 2.75) is 26.7 Å². The maximum Gasteiger partial charge on any atom is 0.307 e. The number of carboxylic acid groups (broad SMARTS) is 1. The monoisotopic (exact) mass is 206 g/mol. The Morgan fingerprint density at radius 2 is 2.33 bits per heavy atom. The van der Waals surface area contributed by atoms with E-state index in [9.17, 15) is 4.79 Å². The molecule has 0 bridgehead atoms. The molecule has 0 spiro atoms. The number of ether oxygens (including phenoxy) is 1. The third-order valence-corrected chi connectivity index (χ3v) is 2.90. The molecular weight excluding hydrogens is 192 g/mol. The van der Waals surface area contributed by atoms with Gasteiger partial charge in [-0.05, 0) is 29.1 Å². The number of aliphatic carboxylic acids is 1. The van der Waals surface area contributed by atoms with Gasteiger partial charge in [0.1, 0.15) is 5.76 Å². The van der Waals surface area contributed by atoms with Crippen molar-refractivity contribution >= 4 is 5.97 Å². The van der Waals surface area contributed by atoms with E-state index in [1.54, 1.807) is 6.26 Å². The zero-order valence-electron chi connectivity index (χ0n) is 8.91. The maximum absolute atomic E-state index is 10.8. The molecule has 2 rings (SSSR count). The van der Waals surface area contributed by atoms with Gasteiger partial charge in [-0.2, -0.15) is 0 Å². The van der Waals surface area contributed by atoms with Crippen molar-refractivity contribution in [2.75, 3.05) is 0 Å². The van der Waals surface area contributed by atoms with Gasteiger partial charge in [-0.25, -0.2) is 0 Å². The molecule has 1 heterocycles. The molecule has 2 aliphatic rings. The quantitative estimate of drug-likeness (QED) is 0.755. The van der Waals surface area contributed by atoms with E-state index in [0.29, 0.717) is 0 Å². The molecule has 80 valence electrons. The Morgan fingerprint density at radius 3 is 3.00 bits per heavy atom. The van der Waals surface area contributed by atoms with Gasteiger partial charge in [0.15, 0.2) is 0 Å². The molecule has 15 heavy (non-hydrogen) atoms. The van der Waals surface area contributed by atoms with Gasteiger partial charge in [0.2, 0.25) is 0 Å². The lowest BCUT2D eigenvalue weighted by Crippen LogP contribution is -2.13. The lowest BCUT2D eigenvalue weighted by molar-refractivity contribution is -0.136. The highest BCUT2D eigenvalue weighted by Gasteiger charge is 2.38. The summed E-state index contributed by atoms with van der Waals surface area (Å²) in [7, 11) is 0. The Kier molecular flexibility index (Phi) is 2.18. The van der Waals surface area contributed by atoms with Crippen molar-refractivity contribution in [3.05, 3.63) is 35.3 Å². The standard InChI is InChI=1S/C12H14O3/c1-12(2)7-8-4-3-5-15-11(8)9(12)6-10(13)14/h3-5H,6-7H2,1-2H3,(H,13,14). The van der Waals surface area contributed by atoms with Crippen LogP contribution >= 0.6 is 0 Å². The van der Waals surface area contributed by atoms with Crippen LogP contribution in [0.25, 0.3) is 0 Å². The van der Waals surface area contributed by atoms with Gasteiger partial charge in [0.05, 0.1) is 12.7 Å². The van der Waals surface area contributed by atoms with E-state index < -0.39 is 5.97 Å². The fourth-order valence-electron chi connectivity index (χ4n) is 2.18. The molecular formula is C12H14O3. The first-order valence-corrected chi connectivity index (χ1v) is 4.99. The third kappa shape index (κ3) is 1.69. The highest BCUT2D eigenvalue weighted by Crippen LogP contribution is 2.48. The average Bonchev–Trinajstić information content (AvgIpc) is 2.37. The highest BCUT2D eigenvalue weighted by molar-refractivity contribution is 5.72. The van der Waals surface area contributed by atoms with Crippen LogP contribution in [0, 0.1) is 5.41 Å². The van der Waals surface area contributed by atoms with E-state index in [2.05, 4.69) is 13.8 Å². The van der Waals surface area contributed by atoms with Crippen LogP contribution in [0.4, 0.5) is 0 Å². The largest absolute Gasteiger partial charge is 0.481 e. The van der Waals surface area contributed by atoms with E-state index >= 15 is 0 Å². The molecule has 0 aromatic carbocycles. The summed E-state index contributed by atoms with van der Waals surface area (Å²) < 4.78 is 5.42. The first-order chi connectivity index (χ1) is 7.00. The zero-order valence-corrected chi connectivity index (χ0v) is 8.91. The minimum absolute atomic E-state index is 0.0630. The van der Waals surface area contributed by atoms with Gasteiger partial charge in [-0.15, -0.1) is 0 Å². The summed E-state index contributed by atoms with van der Waals surface area (Å²) in [4.78, 5) is 10.8. The van der Waals surface area contributed by atoms with Gasteiger partial charge in [0.25, 0.3) is 0 Å². The van der Waals surface area contributed by atoms with Crippen LogP contribution in [0.2, 0.25) is 0 Å². The van der Waals surface area contributed by atoms with E-state index in [1.807, 2.05) is 12.2 Å². The Hall–Kier alpha value is -1.51. The Bertz CT molecular complexity index is 397. The minimum atomic E-state index is -0.801. The van der Waals surface area contributed by atoms with Crippen molar-refractivity contribution in [1.82, 2.24) is 0 Å². The average molecular weight is 206 g/mol. The van der Waals surface area contributed by atoms with E-state index in [4.69, 9.17) is 9.84 Å². The number of carboxylic acids is 1. The van der Waals surface area contributed by atoms with Crippen molar-refractivity contribution in [1.29, 1.82) is 0 Å². The summed E-state index contributed by atoms with van der Waals surface area (Å²) in [6.07, 6.45) is 6.36. The summed E-state index contributed by atoms with van der Waals surface area (Å²) in [5.41, 5.74) is 1.90. The summed E-state index contributed by atoms with van der Waals surface area (Å²) in [6, 6.07) is 0. The Balaban J connectivity index is 2.41. The topological polar surface area (TPSA) is 46.5 Å². The molecule has 0 saturated heterocycles. The van der Waals surface area contributed by atoms with Crippen LogP contribution in [0.5, 0.6) is 0 Å². The van der Waals surface area contributed by atoms with Crippen LogP contribution < -0.4 is 0 Å². The highest BCUT2D eigenvalue weighted by atomic mass is 16.5. The second-order valence-corrected chi connectivity index (χ2v) is 4.58. The van der Waals surface area contributed by atoms with Gasteiger partial charge in [0, 0.05) is 0 Å². The molecule has 0 saturated carbocycles. The van der Waals surface area contributed by atoms with Crippen LogP contribution in [0.3, 0.4) is 0 Å². The molecule has 1 aliphatic heterocycles. The summed E-state index contributed by atoms with van der Waals surface area (Å²) in [5.74, 6) is -0.0325. The Morgan fingerprint density at radius 1 is 1.60 bits per heavy atom. The summed E-state index contributed by atoms with van der Waals surface area (Å²) in [6.45, 7) is 4.11. The number of carbonyl (C=O) groups is 1. The molecule has 0 atom stereocenters. The van der Waals surface area contributed by atoms with E-state index in [1.165, 1.54) is 0 Å². The number of rotatable bonds is 2. The van der Waals surface area contributed by atoms with Gasteiger partial charge in [-0.1, -0.05) is 19.9 Å². The summed E-state index contributed by atoms with van der Waals surface area (Å²) >= 11 is 0. The number of hydrogen-bond acceptors (Lipinski definition) is 2. The van der Waals surface area contributed by atoms with Crippen molar-refractivity contribution < 1.29 is 14.6 Å². The first-order valence-electron chi connectivity index (χ1n) is 4.99. The van der Waals surface area contributed by atoms with Gasteiger partial charge < -0.3 is 9.84 Å². The molecule has 1 N–H and O–H groups in total. The third-order valence-electron chi connectivity index (χ3n) is 2.90. The fourth-order valence-corrected chi connectivity index (χ4v) is 2.18. The molecule has 3 nitrogen and oxygen atoms in total. The minimum Gasteiger partial charge on any atom is -0.481 e. The smallest absolute Gasteiger partial charge is 0.307 e. The molecule has 0 fully saturated rings. The molecule has 0 unspecified atom stereocenters. The predicted molar refractivity (Wildman–Crippen MR) is 56.0 cm³/mol. The Labute approximate surface area is 88.7 Å². The van der Waals surface area contributed by atoms with Crippen LogP contribution in [-0.4, -0.2) is 11.1 Å². The van der Waals surface area contributed by atoms with Crippen molar-refractivity contribution in [3.63, 3.8) is 0 Å². The van der Waals surface area contributed by atoms with E-state index in [-0.39, 0.29) is 11.8 Å². The zero-order chi connectivity index (χ0) is 11.1. The van der Waals surface area contributed by atoms with Gasteiger partial charge in [-0.3, -0.25) is 4.79 Å². The fraction of sp³-hybridized carbons (Fsp3) is 0.417. The number of allylic oxidation sites excluding steroid dienone is 3. The van der Waals surface area contributed by atoms with Crippen LogP contribution in [0.1, 0.15) is 26.7 Å². The van der Waals surface area contributed by atoms with Crippen LogP contribution in [-0.2, 0) is 9.53 Å². The normalized spacial score (nSPS) is 22.1. The number of hydrogen-bond donors (Lipinski definition) is 1. The maximum atomic E-state index is 10.8. The van der Waals surface area contributed by atoms with Crippen molar-refractivity contribution in [3.8, 4) is 0 Å². The summed E-state index contributed by atoms with van der Waals surface area (Å²) in [5, 5.41) is 8.87. The molecule has 0 amide bonds.